The number of rotatable bonds is 5. The Morgan fingerprint density at radius 1 is 1.42 bits per heavy atom. The van der Waals surface area contributed by atoms with Gasteiger partial charge in [0.15, 0.2) is 23.3 Å². The fraction of sp³-hybridized carbons (Fsp3) is 0.278. The first-order valence-electron chi connectivity index (χ1n) is 8.41. The second-order valence-electron chi connectivity index (χ2n) is 6.55. The number of aromatic amines is 2. The predicted molar refractivity (Wildman–Crippen MR) is 97.8 cm³/mol. The van der Waals surface area contributed by atoms with E-state index in [1.165, 1.54) is 6.07 Å². The molecule has 1 aliphatic carbocycles. The van der Waals surface area contributed by atoms with Crippen LogP contribution >= 0.6 is 0 Å². The van der Waals surface area contributed by atoms with Crippen molar-refractivity contribution in [3.8, 4) is 5.75 Å². The third kappa shape index (κ3) is 3.30. The van der Waals surface area contributed by atoms with Crippen molar-refractivity contribution in [2.75, 3.05) is 0 Å². The minimum atomic E-state index is -0.506. The largest absolute Gasteiger partial charge is 0.440 e. The number of nitrogens with zero attached hydrogens (tertiary/aromatic N) is 2. The zero-order valence-corrected chi connectivity index (χ0v) is 14.3. The molecule has 1 fully saturated rings. The number of amidine groups is 1. The molecule has 0 spiro atoms. The van der Waals surface area contributed by atoms with Gasteiger partial charge in [0.1, 0.15) is 5.84 Å². The Morgan fingerprint density at radius 2 is 2.23 bits per heavy atom. The minimum Gasteiger partial charge on any atom is -0.440 e. The van der Waals surface area contributed by atoms with Gasteiger partial charge >= 0.3 is 0 Å². The summed E-state index contributed by atoms with van der Waals surface area (Å²) in [4.78, 5) is 7.23. The molecular weight excluding hydrogens is 335 g/mol. The lowest BCUT2D eigenvalue weighted by molar-refractivity contribution is 0.487. The summed E-state index contributed by atoms with van der Waals surface area (Å²) in [7, 11) is 0. The van der Waals surface area contributed by atoms with E-state index >= 15 is 0 Å². The van der Waals surface area contributed by atoms with E-state index in [2.05, 4.69) is 20.2 Å². The number of aryl methyl sites for hydroxylation is 1. The molecule has 0 unspecified atom stereocenters. The number of nitrogens with two attached hydrogens (primary N) is 1. The molecule has 8 heteroatoms. The zero-order valence-electron chi connectivity index (χ0n) is 14.3. The number of benzene rings is 1. The van der Waals surface area contributed by atoms with Crippen LogP contribution in [0.3, 0.4) is 0 Å². The lowest BCUT2D eigenvalue weighted by atomic mass is 10.2. The van der Waals surface area contributed by atoms with Crippen LogP contribution < -0.4 is 10.5 Å². The topological polar surface area (TPSA) is 116 Å². The van der Waals surface area contributed by atoms with Gasteiger partial charge in [-0.1, -0.05) is 0 Å². The van der Waals surface area contributed by atoms with Gasteiger partial charge in [0.25, 0.3) is 0 Å². The summed E-state index contributed by atoms with van der Waals surface area (Å²) in [6.07, 6.45) is 2.29. The van der Waals surface area contributed by atoms with Gasteiger partial charge in [0, 0.05) is 34.3 Å². The lowest BCUT2D eigenvalue weighted by Gasteiger charge is -2.08. The van der Waals surface area contributed by atoms with Crippen LogP contribution in [0.1, 0.15) is 36.6 Å². The van der Waals surface area contributed by atoms with E-state index in [4.69, 9.17) is 15.9 Å². The van der Waals surface area contributed by atoms with Crippen molar-refractivity contribution in [2.24, 2.45) is 10.7 Å². The zero-order chi connectivity index (χ0) is 18.3. The number of aliphatic imine (C=N–C) groups is 1. The van der Waals surface area contributed by atoms with Crippen molar-refractivity contribution in [2.45, 2.75) is 32.1 Å². The molecule has 0 bridgehead atoms. The Kier molecular flexibility index (Phi) is 3.95. The first kappa shape index (κ1) is 16.3. The highest BCUT2D eigenvalue weighted by atomic mass is 19.1. The summed E-state index contributed by atoms with van der Waals surface area (Å²) in [5.74, 6) is 0.507. The van der Waals surface area contributed by atoms with Crippen molar-refractivity contribution in [3.63, 3.8) is 0 Å². The van der Waals surface area contributed by atoms with Crippen LogP contribution in [-0.2, 0) is 0 Å². The van der Waals surface area contributed by atoms with Gasteiger partial charge in [-0.2, -0.15) is 5.10 Å². The second kappa shape index (κ2) is 6.29. The highest BCUT2D eigenvalue weighted by molar-refractivity contribution is 5.99. The Labute approximate surface area is 149 Å². The summed E-state index contributed by atoms with van der Waals surface area (Å²) in [6.45, 7) is 1.85. The molecule has 4 rings (SSSR count). The maximum atomic E-state index is 14.5. The highest BCUT2D eigenvalue weighted by Gasteiger charge is 2.25. The minimum absolute atomic E-state index is 0.00918. The SMILES string of the molecule is Cc1cc2c(F)c(OC(=N)CC(N)=Nc3cc(C4CC4)[nH]n3)ccc2[nH]1. The van der Waals surface area contributed by atoms with Gasteiger partial charge in [-0.05, 0) is 38.0 Å². The molecular formula is C18H19FN6O. The normalized spacial score (nSPS) is 14.8. The van der Waals surface area contributed by atoms with Crippen molar-refractivity contribution in [3.05, 3.63) is 41.5 Å². The first-order chi connectivity index (χ1) is 12.5. The molecule has 1 aliphatic rings. The monoisotopic (exact) mass is 354 g/mol. The maximum Gasteiger partial charge on any atom is 0.195 e. The van der Waals surface area contributed by atoms with E-state index in [-0.39, 0.29) is 23.9 Å². The van der Waals surface area contributed by atoms with E-state index in [9.17, 15) is 4.39 Å². The molecule has 3 aromatic rings. The van der Waals surface area contributed by atoms with Gasteiger partial charge < -0.3 is 15.5 Å². The molecule has 0 saturated heterocycles. The Morgan fingerprint density at radius 3 is 3.00 bits per heavy atom. The van der Waals surface area contributed by atoms with Gasteiger partial charge in [-0.3, -0.25) is 10.5 Å². The number of ether oxygens (including phenoxy) is 1. The van der Waals surface area contributed by atoms with Crippen LogP contribution in [0.2, 0.25) is 0 Å². The van der Waals surface area contributed by atoms with Gasteiger partial charge in [0.05, 0.1) is 6.42 Å². The van der Waals surface area contributed by atoms with Crippen molar-refractivity contribution in [1.82, 2.24) is 15.2 Å². The molecule has 7 nitrogen and oxygen atoms in total. The number of aromatic nitrogens is 3. The summed E-state index contributed by atoms with van der Waals surface area (Å²) in [5.41, 5.74) is 8.46. The van der Waals surface area contributed by atoms with E-state index in [1.807, 2.05) is 13.0 Å². The highest BCUT2D eigenvalue weighted by Crippen LogP contribution is 2.39. The molecule has 1 saturated carbocycles. The van der Waals surface area contributed by atoms with Gasteiger partial charge in [-0.15, -0.1) is 0 Å². The van der Waals surface area contributed by atoms with Gasteiger partial charge in [0.2, 0.25) is 0 Å². The first-order valence-corrected chi connectivity index (χ1v) is 8.41. The van der Waals surface area contributed by atoms with Crippen LogP contribution in [0.5, 0.6) is 5.75 Å². The number of halogens is 1. The lowest BCUT2D eigenvalue weighted by Crippen LogP contribution is -2.20. The van der Waals surface area contributed by atoms with Crippen molar-refractivity contribution < 1.29 is 9.13 Å². The summed E-state index contributed by atoms with van der Waals surface area (Å²) in [6, 6.07) is 6.77. The molecule has 2 aromatic heterocycles. The molecule has 2 heterocycles. The summed E-state index contributed by atoms with van der Waals surface area (Å²) in [5, 5.41) is 15.4. The number of hydrogen-bond acceptors (Lipinski definition) is 4. The average Bonchev–Trinajstić information content (AvgIpc) is 3.21. The van der Waals surface area contributed by atoms with Crippen LogP contribution in [0.25, 0.3) is 10.9 Å². The van der Waals surface area contributed by atoms with E-state index in [0.29, 0.717) is 22.6 Å². The predicted octanol–water partition coefficient (Wildman–Crippen LogP) is 3.65. The number of fused-ring (bicyclic) bond motifs is 1. The van der Waals surface area contributed by atoms with Crippen LogP contribution in [0, 0.1) is 18.2 Å². The Balaban J connectivity index is 1.44. The maximum absolute atomic E-state index is 14.5. The molecule has 0 radical (unpaired) electrons. The quantitative estimate of drug-likeness (QED) is 0.414. The number of hydrogen-bond donors (Lipinski definition) is 4. The molecule has 0 aliphatic heterocycles. The van der Waals surface area contributed by atoms with Crippen molar-refractivity contribution in [1.29, 1.82) is 5.41 Å². The van der Waals surface area contributed by atoms with Crippen LogP contribution in [-0.4, -0.2) is 26.9 Å². The fourth-order valence-electron chi connectivity index (χ4n) is 2.87. The van der Waals surface area contributed by atoms with Crippen LogP contribution in [0.15, 0.2) is 29.3 Å². The molecule has 0 atom stereocenters. The smallest absolute Gasteiger partial charge is 0.195 e. The van der Waals surface area contributed by atoms with E-state index in [0.717, 1.165) is 24.2 Å². The average molecular weight is 354 g/mol. The standard InChI is InChI=1S/C18H19FN6O/c1-9-6-11-12(22-9)4-5-14(18(11)19)26-16(21)8-15(20)23-17-7-13(24-25-17)10-2-3-10/h4-7,10,21-22H,2-3,8H2,1H3,(H3,20,23,24,25). The molecule has 1 aromatic carbocycles. The van der Waals surface area contributed by atoms with E-state index < -0.39 is 5.82 Å². The molecule has 134 valence electrons. The fourth-order valence-corrected chi connectivity index (χ4v) is 2.87. The Bertz CT molecular complexity index is 1010. The number of H-pyrrole nitrogens is 2. The van der Waals surface area contributed by atoms with Crippen LogP contribution in [0.4, 0.5) is 10.2 Å². The van der Waals surface area contributed by atoms with Crippen molar-refractivity contribution >= 4 is 28.5 Å². The number of nitrogens with one attached hydrogen (secondary N) is 3. The third-order valence-corrected chi connectivity index (χ3v) is 4.27. The summed E-state index contributed by atoms with van der Waals surface area (Å²) < 4.78 is 19.8. The third-order valence-electron chi connectivity index (χ3n) is 4.27. The van der Waals surface area contributed by atoms with E-state index in [1.54, 1.807) is 12.1 Å². The van der Waals surface area contributed by atoms with Gasteiger partial charge in [-0.25, -0.2) is 9.38 Å². The molecule has 26 heavy (non-hydrogen) atoms. The second-order valence-corrected chi connectivity index (χ2v) is 6.55. The summed E-state index contributed by atoms with van der Waals surface area (Å²) >= 11 is 0. The molecule has 0 amide bonds. The molecule has 5 N–H and O–H groups in total. The Hall–Kier alpha value is -3.16.